The molecule has 2 atom stereocenters. The lowest BCUT2D eigenvalue weighted by atomic mass is 10.1. The van der Waals surface area contributed by atoms with Crippen LogP contribution in [0, 0.1) is 0 Å². The molecule has 0 aromatic heterocycles. The van der Waals surface area contributed by atoms with Gasteiger partial charge < -0.3 is 23.2 Å². The van der Waals surface area contributed by atoms with Gasteiger partial charge in [0.2, 0.25) is 0 Å². The Hall–Kier alpha value is -2.31. The van der Waals surface area contributed by atoms with Crippen LogP contribution in [0.5, 0.6) is 11.5 Å². The molecule has 0 bridgehead atoms. The number of ether oxygens (including phenoxy) is 2. The molecule has 1 saturated heterocycles. The lowest BCUT2D eigenvalue weighted by molar-refractivity contribution is 0.0339. The molecule has 1 fully saturated rings. The van der Waals surface area contributed by atoms with Crippen molar-refractivity contribution < 1.29 is 27.9 Å². The van der Waals surface area contributed by atoms with E-state index in [1.165, 1.54) is 0 Å². The molecular formula is C34H58N2O6Si2. The minimum atomic E-state index is -2.47. The normalized spacial score (nSPS) is 19.9. The van der Waals surface area contributed by atoms with Gasteiger partial charge in [-0.15, -0.1) is 0 Å². The Balaban J connectivity index is 2.40. The summed E-state index contributed by atoms with van der Waals surface area (Å²) in [6.07, 6.45) is -0.812. The summed E-state index contributed by atoms with van der Waals surface area (Å²) in [7, 11) is -3.31. The van der Waals surface area contributed by atoms with Crippen molar-refractivity contribution in [3.8, 4) is 11.5 Å². The van der Waals surface area contributed by atoms with Crippen LogP contribution in [-0.4, -0.2) is 65.1 Å². The number of carbonyl (C=O) groups excluding carboxylic acids is 2. The Labute approximate surface area is 268 Å². The van der Waals surface area contributed by atoms with Gasteiger partial charge in [0.25, 0.3) is 14.2 Å². The Bertz CT molecular complexity index is 1240. The fourth-order valence-electron chi connectivity index (χ4n) is 6.60. The first-order valence-electron chi connectivity index (χ1n) is 16.1. The van der Waals surface area contributed by atoms with Crippen molar-refractivity contribution >= 4 is 34.3 Å². The molecule has 0 radical (unpaired) electrons. The molecule has 0 unspecified atom stereocenters. The van der Waals surface area contributed by atoms with Crippen LogP contribution < -0.4 is 14.1 Å². The van der Waals surface area contributed by atoms with Crippen molar-refractivity contribution in [1.82, 2.24) is 4.90 Å². The van der Waals surface area contributed by atoms with Gasteiger partial charge in [-0.2, -0.15) is 0 Å². The number of anilines is 1. The van der Waals surface area contributed by atoms with E-state index >= 15 is 0 Å². The monoisotopic (exact) mass is 646 g/mol. The fraction of sp³-hybridized carbons (Fsp3) is 0.706. The van der Waals surface area contributed by atoms with Crippen molar-refractivity contribution in [3.63, 3.8) is 0 Å². The predicted molar refractivity (Wildman–Crippen MR) is 184 cm³/mol. The largest absolute Gasteiger partial charge is 0.540 e. The van der Waals surface area contributed by atoms with Gasteiger partial charge in [0.15, 0.2) is 20.3 Å². The van der Waals surface area contributed by atoms with Gasteiger partial charge in [0.1, 0.15) is 11.4 Å². The lowest BCUT2D eigenvalue weighted by Gasteiger charge is -2.45. The third-order valence-corrected chi connectivity index (χ3v) is 20.1. The summed E-state index contributed by atoms with van der Waals surface area (Å²) < 4.78 is 26.2. The molecule has 2 aliphatic rings. The lowest BCUT2D eigenvalue weighted by Crippen LogP contribution is -2.58. The van der Waals surface area contributed by atoms with Crippen molar-refractivity contribution in [2.24, 2.45) is 0 Å². The number of methoxy groups -OCH3 is 1. The number of benzene rings is 1. The molecule has 2 aliphatic heterocycles. The zero-order valence-corrected chi connectivity index (χ0v) is 32.0. The Morgan fingerprint density at radius 1 is 0.955 bits per heavy atom. The predicted octanol–water partition coefficient (Wildman–Crippen LogP) is 9.12. The Kier molecular flexibility index (Phi) is 10.3. The molecule has 0 aliphatic carbocycles. The van der Waals surface area contributed by atoms with Crippen molar-refractivity contribution in [2.75, 3.05) is 18.6 Å². The molecule has 10 heteroatoms. The quantitative estimate of drug-likeness (QED) is 0.207. The summed E-state index contributed by atoms with van der Waals surface area (Å²) in [5.74, 6) is 0.815. The van der Waals surface area contributed by atoms with E-state index < -0.39 is 40.6 Å². The van der Waals surface area contributed by atoms with E-state index in [0.717, 1.165) is 5.57 Å². The van der Waals surface area contributed by atoms with E-state index in [9.17, 15) is 9.59 Å². The Morgan fingerprint density at radius 3 is 1.95 bits per heavy atom. The minimum Gasteiger partial charge on any atom is -0.540 e. The number of hydrogen-bond donors (Lipinski definition) is 0. The van der Waals surface area contributed by atoms with E-state index in [0.29, 0.717) is 52.3 Å². The van der Waals surface area contributed by atoms with Gasteiger partial charge in [0.05, 0.1) is 24.4 Å². The molecular weight excluding hydrogens is 589 g/mol. The van der Waals surface area contributed by atoms with Gasteiger partial charge >= 0.3 is 6.09 Å². The molecule has 0 spiro atoms. The van der Waals surface area contributed by atoms with Crippen molar-refractivity contribution in [2.45, 2.75) is 142 Å². The molecule has 8 nitrogen and oxygen atoms in total. The second-order valence-corrected chi connectivity index (χ2v) is 26.1. The molecule has 0 saturated carbocycles. The zero-order chi connectivity index (χ0) is 33.7. The van der Waals surface area contributed by atoms with Crippen LogP contribution in [0.25, 0.3) is 0 Å². The van der Waals surface area contributed by atoms with Crippen LogP contribution in [0.2, 0.25) is 34.8 Å². The molecule has 44 heavy (non-hydrogen) atoms. The van der Waals surface area contributed by atoms with Gasteiger partial charge in [0, 0.05) is 12.6 Å². The molecule has 2 heterocycles. The second kappa shape index (κ2) is 12.5. The molecule has 1 aromatic rings. The maximum absolute atomic E-state index is 14.4. The second-order valence-electron chi connectivity index (χ2n) is 16.0. The van der Waals surface area contributed by atoms with Gasteiger partial charge in [-0.05, 0) is 68.0 Å². The summed E-state index contributed by atoms with van der Waals surface area (Å²) >= 11 is 0. The first-order valence-corrected chi connectivity index (χ1v) is 21.1. The molecule has 248 valence electrons. The molecule has 3 rings (SSSR count). The van der Waals surface area contributed by atoms with Crippen LogP contribution in [-0.2, 0) is 9.16 Å². The van der Waals surface area contributed by atoms with Gasteiger partial charge in [-0.3, -0.25) is 4.79 Å². The highest BCUT2D eigenvalue weighted by Gasteiger charge is 2.52. The summed E-state index contributed by atoms with van der Waals surface area (Å²) in [6, 6.07) is 3.14. The van der Waals surface area contributed by atoms with Gasteiger partial charge in [-0.1, -0.05) is 74.5 Å². The first kappa shape index (κ1) is 36.2. The molecule has 1 aromatic carbocycles. The molecule has 0 N–H and O–H groups in total. The third-order valence-electron chi connectivity index (χ3n) is 9.71. The molecule has 2 amide bonds. The standard InChI is InChI=1S/C34H58N2O6Si2/c1-21(2)44(22(3)4,23(5)6)41-29-19-26-25(18-28(29)39-14)30(37)35-20-24(7)17-27(35)31(42-43(15,16)34(11,12)13)36(26)32(38)40-33(8,9)10/h18-19,21-23,27,31H,7,17,20H2,1-6,8-16H3/t27-,31-/m0/s1. The topological polar surface area (TPSA) is 77.5 Å². The highest BCUT2D eigenvalue weighted by atomic mass is 28.4. The maximum atomic E-state index is 14.4. The number of carbonyl (C=O) groups is 2. The average Bonchev–Trinajstić information content (AvgIpc) is 3.21. The van der Waals surface area contributed by atoms with E-state index in [2.05, 4.69) is 82.0 Å². The summed E-state index contributed by atoms with van der Waals surface area (Å²) in [5.41, 5.74) is 1.85. The minimum absolute atomic E-state index is 0.142. The summed E-state index contributed by atoms with van der Waals surface area (Å²) in [4.78, 5) is 32.1. The third kappa shape index (κ3) is 6.77. The average molecular weight is 647 g/mol. The highest BCUT2D eigenvalue weighted by Crippen LogP contribution is 2.49. The van der Waals surface area contributed by atoms with E-state index in [-0.39, 0.29) is 10.9 Å². The number of hydrogen-bond acceptors (Lipinski definition) is 6. The van der Waals surface area contributed by atoms with Crippen molar-refractivity contribution in [3.05, 3.63) is 29.8 Å². The van der Waals surface area contributed by atoms with Crippen LogP contribution in [0.3, 0.4) is 0 Å². The smallest absolute Gasteiger partial charge is 0.417 e. The Morgan fingerprint density at radius 2 is 1.50 bits per heavy atom. The van der Waals surface area contributed by atoms with E-state index in [1.807, 2.05) is 26.8 Å². The number of amides is 2. The van der Waals surface area contributed by atoms with Crippen LogP contribution in [0.15, 0.2) is 24.3 Å². The van der Waals surface area contributed by atoms with Crippen LogP contribution >= 0.6 is 0 Å². The zero-order valence-electron chi connectivity index (χ0n) is 30.0. The van der Waals surface area contributed by atoms with Crippen molar-refractivity contribution in [1.29, 1.82) is 0 Å². The number of nitrogens with zero attached hydrogens (tertiary/aromatic N) is 2. The van der Waals surface area contributed by atoms with Crippen LogP contribution in [0.1, 0.15) is 99.9 Å². The summed E-state index contributed by atoms with van der Waals surface area (Å²) in [5, 5.41) is -0.142. The first-order chi connectivity index (χ1) is 20.0. The highest BCUT2D eigenvalue weighted by molar-refractivity contribution is 6.78. The van der Waals surface area contributed by atoms with E-state index in [1.54, 1.807) is 23.0 Å². The number of rotatable bonds is 8. The fourth-order valence-corrected chi connectivity index (χ4v) is 13.1. The SMILES string of the molecule is C=C1C[C@H]2[C@H](O[Si](C)(C)C(C)(C)C)N(C(=O)OC(C)(C)C)c3cc(O[Si](C(C)C)(C(C)C)C(C)C)c(OC)cc3C(=O)N2C1. The summed E-state index contributed by atoms with van der Waals surface area (Å²) in [6.45, 7) is 34.4. The number of fused-ring (bicyclic) bond motifs is 2. The van der Waals surface area contributed by atoms with Crippen LogP contribution in [0.4, 0.5) is 10.5 Å². The van der Waals surface area contributed by atoms with E-state index in [4.69, 9.17) is 18.3 Å². The van der Waals surface area contributed by atoms with Gasteiger partial charge in [-0.25, -0.2) is 9.69 Å². The maximum Gasteiger partial charge on any atom is 0.417 e.